The summed E-state index contributed by atoms with van der Waals surface area (Å²) < 4.78 is 0. The van der Waals surface area contributed by atoms with Crippen molar-refractivity contribution in [3.8, 4) is 0 Å². The molecular formula is C12H20N2. The Kier molecular flexibility index (Phi) is 2.22. The van der Waals surface area contributed by atoms with E-state index in [1.54, 1.807) is 0 Å². The number of hydrogen-bond acceptors (Lipinski definition) is 2. The highest BCUT2D eigenvalue weighted by Gasteiger charge is 2.39. The van der Waals surface area contributed by atoms with Gasteiger partial charge in [0.1, 0.15) is 0 Å². The third-order valence-electron chi connectivity index (χ3n) is 4.33. The number of nitrogens with one attached hydrogen (secondary N) is 1. The fourth-order valence-electron chi connectivity index (χ4n) is 3.56. The van der Waals surface area contributed by atoms with E-state index in [0.29, 0.717) is 0 Å². The predicted octanol–water partition coefficient (Wildman–Crippen LogP) is 2.20. The Morgan fingerprint density at radius 2 is 2.29 bits per heavy atom. The largest absolute Gasteiger partial charge is 0.374 e. The van der Waals surface area contributed by atoms with Crippen LogP contribution in [0, 0.1) is 17.8 Å². The molecule has 14 heavy (non-hydrogen) atoms. The topological polar surface area (TPSA) is 24.4 Å². The number of hydrogen-bond donors (Lipinski definition) is 1. The molecule has 3 rings (SSSR count). The molecule has 78 valence electrons. The van der Waals surface area contributed by atoms with Crippen LogP contribution < -0.4 is 5.32 Å². The zero-order chi connectivity index (χ0) is 9.38. The van der Waals surface area contributed by atoms with Gasteiger partial charge in [0.2, 0.25) is 0 Å². The summed E-state index contributed by atoms with van der Waals surface area (Å²) in [7, 11) is 0. The zero-order valence-corrected chi connectivity index (χ0v) is 8.84. The molecule has 0 saturated heterocycles. The summed E-state index contributed by atoms with van der Waals surface area (Å²) in [5.41, 5.74) is 0. The third kappa shape index (κ3) is 1.55. The van der Waals surface area contributed by atoms with Crippen molar-refractivity contribution in [2.75, 3.05) is 13.1 Å². The van der Waals surface area contributed by atoms with Crippen LogP contribution in [0.5, 0.6) is 0 Å². The Morgan fingerprint density at radius 3 is 2.93 bits per heavy atom. The smallest absolute Gasteiger partial charge is 0.0963 e. The Morgan fingerprint density at radius 1 is 1.29 bits per heavy atom. The van der Waals surface area contributed by atoms with E-state index in [4.69, 9.17) is 0 Å². The van der Waals surface area contributed by atoms with Gasteiger partial charge < -0.3 is 5.32 Å². The number of nitrogens with zero attached hydrogens (tertiary/aromatic N) is 1. The van der Waals surface area contributed by atoms with Gasteiger partial charge >= 0.3 is 0 Å². The summed E-state index contributed by atoms with van der Waals surface area (Å²) in [6.07, 6.45) is 8.50. The Balaban J connectivity index is 1.49. The molecule has 1 aliphatic heterocycles. The second-order valence-corrected chi connectivity index (χ2v) is 5.25. The summed E-state index contributed by atoms with van der Waals surface area (Å²) >= 11 is 0. The maximum Gasteiger partial charge on any atom is 0.0963 e. The van der Waals surface area contributed by atoms with Crippen molar-refractivity contribution in [3.05, 3.63) is 0 Å². The minimum Gasteiger partial charge on any atom is -0.374 e. The van der Waals surface area contributed by atoms with E-state index < -0.39 is 0 Å². The molecule has 0 spiro atoms. The average Bonchev–Trinajstić information content (AvgIpc) is 2.91. The molecule has 3 unspecified atom stereocenters. The summed E-state index contributed by atoms with van der Waals surface area (Å²) in [5.74, 6) is 4.39. The monoisotopic (exact) mass is 192 g/mol. The summed E-state index contributed by atoms with van der Waals surface area (Å²) in [4.78, 5) is 4.46. The van der Waals surface area contributed by atoms with Crippen molar-refractivity contribution in [2.45, 2.75) is 38.5 Å². The Bertz CT molecular complexity index is 247. The first-order valence-electron chi connectivity index (χ1n) is 6.19. The van der Waals surface area contributed by atoms with Gasteiger partial charge in [-0.3, -0.25) is 4.99 Å². The van der Waals surface area contributed by atoms with Crippen molar-refractivity contribution in [3.63, 3.8) is 0 Å². The molecular weight excluding hydrogens is 172 g/mol. The number of fused-ring (bicyclic) bond motifs is 2. The van der Waals surface area contributed by atoms with Gasteiger partial charge in [-0.05, 0) is 43.4 Å². The van der Waals surface area contributed by atoms with Crippen LogP contribution in [0.3, 0.4) is 0 Å². The van der Waals surface area contributed by atoms with Crippen LogP contribution in [0.15, 0.2) is 4.99 Å². The van der Waals surface area contributed by atoms with E-state index in [1.807, 2.05) is 0 Å². The maximum absolute atomic E-state index is 4.46. The summed E-state index contributed by atoms with van der Waals surface area (Å²) in [6, 6.07) is 0. The molecule has 1 heterocycles. The van der Waals surface area contributed by atoms with Gasteiger partial charge in [-0.25, -0.2) is 0 Å². The maximum atomic E-state index is 4.46. The molecule has 3 atom stereocenters. The molecule has 1 N–H and O–H groups in total. The lowest BCUT2D eigenvalue weighted by Crippen LogP contribution is -2.30. The first-order valence-corrected chi connectivity index (χ1v) is 6.19. The fraction of sp³-hybridized carbons (Fsp3) is 0.917. The van der Waals surface area contributed by atoms with Crippen molar-refractivity contribution in [1.29, 1.82) is 0 Å². The van der Waals surface area contributed by atoms with Crippen LogP contribution in [0.4, 0.5) is 0 Å². The molecule has 2 saturated carbocycles. The molecule has 0 aromatic heterocycles. The molecule has 0 aromatic carbocycles. The third-order valence-corrected chi connectivity index (χ3v) is 4.33. The first kappa shape index (κ1) is 8.75. The lowest BCUT2D eigenvalue weighted by molar-refractivity contribution is 0.332. The second-order valence-electron chi connectivity index (χ2n) is 5.25. The van der Waals surface area contributed by atoms with Crippen molar-refractivity contribution >= 4 is 5.84 Å². The number of rotatable bonds is 2. The Hall–Kier alpha value is -0.530. The van der Waals surface area contributed by atoms with Crippen molar-refractivity contribution in [1.82, 2.24) is 5.32 Å². The highest BCUT2D eigenvalue weighted by Crippen LogP contribution is 2.47. The first-order chi connectivity index (χ1) is 6.92. The van der Waals surface area contributed by atoms with Crippen LogP contribution in [-0.4, -0.2) is 18.9 Å². The van der Waals surface area contributed by atoms with E-state index in [0.717, 1.165) is 24.3 Å². The molecule has 0 radical (unpaired) electrons. The van der Waals surface area contributed by atoms with Crippen LogP contribution in [-0.2, 0) is 0 Å². The van der Waals surface area contributed by atoms with E-state index in [9.17, 15) is 0 Å². The number of aliphatic imine (C=N–C) groups is 1. The minimum atomic E-state index is 0.969. The normalized spacial score (nSPS) is 40.3. The quantitative estimate of drug-likeness (QED) is 0.712. The SMILES string of the molecule is C1CN=C(NCC2CC3CCC2C3)C1. The predicted molar refractivity (Wildman–Crippen MR) is 58.5 cm³/mol. The molecule has 2 heteroatoms. The number of amidine groups is 1. The van der Waals surface area contributed by atoms with Crippen molar-refractivity contribution in [2.24, 2.45) is 22.7 Å². The lowest BCUT2D eigenvalue weighted by Gasteiger charge is -2.22. The van der Waals surface area contributed by atoms with E-state index in [2.05, 4.69) is 10.3 Å². The average molecular weight is 192 g/mol. The van der Waals surface area contributed by atoms with Crippen LogP contribution in [0.1, 0.15) is 38.5 Å². The van der Waals surface area contributed by atoms with E-state index >= 15 is 0 Å². The standard InChI is InChI=1S/C12H20N2/c1-2-12(13-5-1)14-8-11-7-9-3-4-10(11)6-9/h9-11H,1-8H2,(H,13,14). The zero-order valence-electron chi connectivity index (χ0n) is 8.84. The molecule has 2 fully saturated rings. The molecule has 2 nitrogen and oxygen atoms in total. The van der Waals surface area contributed by atoms with Crippen LogP contribution in [0.2, 0.25) is 0 Å². The van der Waals surface area contributed by atoms with E-state index in [-0.39, 0.29) is 0 Å². The van der Waals surface area contributed by atoms with E-state index in [1.165, 1.54) is 50.9 Å². The summed E-state index contributed by atoms with van der Waals surface area (Å²) in [5, 5.41) is 3.56. The Labute approximate surface area is 86.2 Å². The van der Waals surface area contributed by atoms with Crippen LogP contribution in [0.25, 0.3) is 0 Å². The molecule has 2 aliphatic carbocycles. The molecule has 0 aromatic rings. The van der Waals surface area contributed by atoms with Gasteiger partial charge in [0, 0.05) is 19.5 Å². The summed E-state index contributed by atoms with van der Waals surface area (Å²) in [6.45, 7) is 2.26. The van der Waals surface area contributed by atoms with Crippen LogP contribution >= 0.6 is 0 Å². The minimum absolute atomic E-state index is 0.969. The van der Waals surface area contributed by atoms with Gasteiger partial charge in [0.05, 0.1) is 5.84 Å². The molecule has 0 amide bonds. The van der Waals surface area contributed by atoms with Crippen molar-refractivity contribution < 1.29 is 0 Å². The highest BCUT2D eigenvalue weighted by molar-refractivity contribution is 5.83. The second kappa shape index (κ2) is 3.56. The molecule has 2 bridgehead atoms. The fourth-order valence-corrected chi connectivity index (χ4v) is 3.56. The van der Waals surface area contributed by atoms with Gasteiger partial charge in [0.15, 0.2) is 0 Å². The van der Waals surface area contributed by atoms with Gasteiger partial charge in [-0.15, -0.1) is 0 Å². The highest BCUT2D eigenvalue weighted by atomic mass is 15.0. The lowest BCUT2D eigenvalue weighted by atomic mass is 9.89. The van der Waals surface area contributed by atoms with Gasteiger partial charge in [-0.2, -0.15) is 0 Å². The van der Waals surface area contributed by atoms with Gasteiger partial charge in [-0.1, -0.05) is 6.42 Å². The molecule has 3 aliphatic rings. The van der Waals surface area contributed by atoms with Gasteiger partial charge in [0.25, 0.3) is 0 Å².